The normalized spacial score (nSPS) is 15.2. The van der Waals surface area contributed by atoms with Crippen LogP contribution in [0.15, 0.2) is 58.7 Å². The van der Waals surface area contributed by atoms with Gasteiger partial charge in [0.2, 0.25) is 5.91 Å². The number of amides is 1. The Morgan fingerprint density at radius 3 is 2.56 bits per heavy atom. The minimum Gasteiger partial charge on any atom is -0.493 e. The maximum absolute atomic E-state index is 12.7. The number of benzene rings is 2. The summed E-state index contributed by atoms with van der Waals surface area (Å²) in [4.78, 5) is 29.9. The van der Waals surface area contributed by atoms with Crippen molar-refractivity contribution in [3.63, 3.8) is 0 Å². The van der Waals surface area contributed by atoms with Gasteiger partial charge in [-0.15, -0.1) is 0 Å². The number of hydrogen-bond donors (Lipinski definition) is 2. The van der Waals surface area contributed by atoms with Gasteiger partial charge in [-0.1, -0.05) is 41.6 Å². The molecule has 0 aliphatic carbocycles. The van der Waals surface area contributed by atoms with Gasteiger partial charge in [-0.05, 0) is 43.7 Å². The Morgan fingerprint density at radius 1 is 1.15 bits per heavy atom. The molecule has 0 saturated carbocycles. The number of allylic oxidation sites excluding steroid dienone is 1. The fraction of sp³-hybridized carbons (Fsp3) is 0.292. The van der Waals surface area contributed by atoms with E-state index in [0.717, 1.165) is 5.56 Å². The Bertz CT molecular complexity index is 1140. The standard InChI is InChI=1S/C24H26ClN3O5S/c1-5-33-23(30)21-14(2)26-24(34-13-20(29)27-17-9-7-6-8-16(17)25)28-22(21)15-10-11-18(31-3)19(12-15)32-4/h6-12,22H,5,13H2,1-4H3,(H,26,28)(H,27,29)/t22-/m1/s1. The van der Waals surface area contributed by atoms with E-state index in [1.54, 1.807) is 64.5 Å². The highest BCUT2D eigenvalue weighted by Crippen LogP contribution is 2.37. The minimum absolute atomic E-state index is 0.0950. The maximum Gasteiger partial charge on any atom is 0.338 e. The van der Waals surface area contributed by atoms with Crippen molar-refractivity contribution in [2.75, 3.05) is 31.9 Å². The monoisotopic (exact) mass is 503 g/mol. The van der Waals surface area contributed by atoms with E-state index >= 15 is 0 Å². The average Bonchev–Trinajstić information content (AvgIpc) is 2.83. The van der Waals surface area contributed by atoms with Crippen LogP contribution in [0.5, 0.6) is 11.5 Å². The Hall–Kier alpha value is -3.17. The zero-order valence-corrected chi connectivity index (χ0v) is 20.9. The van der Waals surface area contributed by atoms with Crippen LogP contribution in [-0.4, -0.2) is 43.6 Å². The van der Waals surface area contributed by atoms with Crippen LogP contribution in [0.2, 0.25) is 5.02 Å². The summed E-state index contributed by atoms with van der Waals surface area (Å²) < 4.78 is 16.0. The molecule has 3 rings (SSSR count). The van der Waals surface area contributed by atoms with Crippen molar-refractivity contribution in [2.24, 2.45) is 4.99 Å². The second-order valence-corrected chi connectivity index (χ2v) is 8.52. The van der Waals surface area contributed by atoms with E-state index in [-0.39, 0.29) is 18.3 Å². The van der Waals surface area contributed by atoms with Gasteiger partial charge < -0.3 is 24.8 Å². The lowest BCUT2D eigenvalue weighted by atomic mass is 9.96. The van der Waals surface area contributed by atoms with Gasteiger partial charge in [0.15, 0.2) is 16.7 Å². The van der Waals surface area contributed by atoms with E-state index in [4.69, 9.17) is 30.8 Å². The lowest BCUT2D eigenvalue weighted by molar-refractivity contribution is -0.139. The molecule has 0 aromatic heterocycles. The van der Waals surface area contributed by atoms with E-state index in [2.05, 4.69) is 10.6 Å². The molecule has 1 aliphatic rings. The van der Waals surface area contributed by atoms with Crippen molar-refractivity contribution in [2.45, 2.75) is 19.9 Å². The largest absolute Gasteiger partial charge is 0.493 e. The van der Waals surface area contributed by atoms with Gasteiger partial charge >= 0.3 is 5.97 Å². The molecule has 0 spiro atoms. The Labute approximate surface area is 207 Å². The molecule has 1 atom stereocenters. The number of methoxy groups -OCH3 is 2. The summed E-state index contributed by atoms with van der Waals surface area (Å²) in [5, 5.41) is 6.86. The van der Waals surface area contributed by atoms with E-state index in [0.29, 0.717) is 38.6 Å². The highest BCUT2D eigenvalue weighted by atomic mass is 35.5. The number of para-hydroxylation sites is 1. The predicted molar refractivity (Wildman–Crippen MR) is 135 cm³/mol. The van der Waals surface area contributed by atoms with Crippen molar-refractivity contribution in [3.05, 3.63) is 64.3 Å². The number of aliphatic imine (C=N–C) groups is 1. The van der Waals surface area contributed by atoms with Crippen LogP contribution in [0.25, 0.3) is 0 Å². The SMILES string of the molecule is CCOC(=O)C1=C(C)NC(SCC(=O)Nc2ccccc2Cl)=N[C@@H]1c1ccc(OC)c(OC)c1. The molecule has 2 N–H and O–H groups in total. The van der Waals surface area contributed by atoms with Crippen molar-refractivity contribution in [1.82, 2.24) is 5.32 Å². The molecular formula is C24H26ClN3O5S. The first-order valence-electron chi connectivity index (χ1n) is 10.5. The second kappa shape index (κ2) is 11.8. The second-order valence-electron chi connectivity index (χ2n) is 7.15. The number of amidine groups is 1. The zero-order chi connectivity index (χ0) is 24.7. The van der Waals surface area contributed by atoms with Crippen LogP contribution < -0.4 is 20.1 Å². The quantitative estimate of drug-likeness (QED) is 0.509. The molecular weight excluding hydrogens is 478 g/mol. The number of carbonyl (C=O) groups is 2. The summed E-state index contributed by atoms with van der Waals surface area (Å²) in [6.07, 6.45) is 0. The molecule has 1 aliphatic heterocycles. The number of thioether (sulfide) groups is 1. The molecule has 1 amide bonds. The van der Waals surface area contributed by atoms with E-state index in [1.807, 2.05) is 6.07 Å². The Balaban J connectivity index is 1.84. The first-order chi connectivity index (χ1) is 16.4. The number of ether oxygens (including phenoxy) is 3. The third kappa shape index (κ3) is 6.03. The number of nitrogens with zero attached hydrogens (tertiary/aromatic N) is 1. The molecule has 0 radical (unpaired) electrons. The molecule has 8 nitrogen and oxygen atoms in total. The van der Waals surface area contributed by atoms with Crippen LogP contribution in [0.3, 0.4) is 0 Å². The number of halogens is 1. The maximum atomic E-state index is 12.7. The van der Waals surface area contributed by atoms with E-state index < -0.39 is 12.0 Å². The van der Waals surface area contributed by atoms with Crippen LogP contribution in [0.1, 0.15) is 25.5 Å². The number of rotatable bonds is 8. The summed E-state index contributed by atoms with van der Waals surface area (Å²) in [5.41, 5.74) is 2.25. The topological polar surface area (TPSA) is 98.2 Å². The van der Waals surface area contributed by atoms with Crippen LogP contribution in [0.4, 0.5) is 5.69 Å². The molecule has 1 heterocycles. The number of hydrogen-bond acceptors (Lipinski definition) is 8. The van der Waals surface area contributed by atoms with Crippen LogP contribution in [0, 0.1) is 0 Å². The molecule has 0 saturated heterocycles. The molecule has 10 heteroatoms. The minimum atomic E-state index is -0.644. The molecule has 0 unspecified atom stereocenters. The molecule has 0 fully saturated rings. The van der Waals surface area contributed by atoms with Crippen molar-refractivity contribution in [3.8, 4) is 11.5 Å². The smallest absolute Gasteiger partial charge is 0.338 e. The Kier molecular flexibility index (Phi) is 8.84. The van der Waals surface area contributed by atoms with Gasteiger partial charge in [0.25, 0.3) is 0 Å². The average molecular weight is 504 g/mol. The third-order valence-corrected chi connectivity index (χ3v) is 6.14. The van der Waals surface area contributed by atoms with E-state index in [1.165, 1.54) is 11.8 Å². The highest BCUT2D eigenvalue weighted by molar-refractivity contribution is 8.14. The summed E-state index contributed by atoms with van der Waals surface area (Å²) in [7, 11) is 3.09. The number of esters is 1. The first-order valence-corrected chi connectivity index (χ1v) is 11.9. The van der Waals surface area contributed by atoms with Gasteiger partial charge in [-0.2, -0.15) is 0 Å². The highest BCUT2D eigenvalue weighted by Gasteiger charge is 2.31. The van der Waals surface area contributed by atoms with E-state index in [9.17, 15) is 9.59 Å². The third-order valence-electron chi connectivity index (χ3n) is 4.92. The van der Waals surface area contributed by atoms with Gasteiger partial charge in [-0.3, -0.25) is 4.79 Å². The summed E-state index contributed by atoms with van der Waals surface area (Å²) in [5.74, 6) is 0.480. The molecule has 34 heavy (non-hydrogen) atoms. The first kappa shape index (κ1) is 25.5. The predicted octanol–water partition coefficient (Wildman–Crippen LogP) is 4.57. The fourth-order valence-corrected chi connectivity index (χ4v) is 4.27. The molecule has 180 valence electrons. The van der Waals surface area contributed by atoms with Crippen molar-refractivity contribution in [1.29, 1.82) is 0 Å². The lowest BCUT2D eigenvalue weighted by Crippen LogP contribution is -2.31. The van der Waals surface area contributed by atoms with Crippen LogP contribution >= 0.6 is 23.4 Å². The van der Waals surface area contributed by atoms with Gasteiger partial charge in [0.1, 0.15) is 6.04 Å². The lowest BCUT2D eigenvalue weighted by Gasteiger charge is -2.26. The molecule has 0 bridgehead atoms. The Morgan fingerprint density at radius 2 is 1.88 bits per heavy atom. The number of nitrogens with one attached hydrogen (secondary N) is 2. The van der Waals surface area contributed by atoms with Gasteiger partial charge in [-0.25, -0.2) is 9.79 Å². The van der Waals surface area contributed by atoms with Gasteiger partial charge in [0.05, 0.1) is 42.9 Å². The summed E-state index contributed by atoms with van der Waals surface area (Å²) >= 11 is 7.33. The molecule has 2 aromatic carbocycles. The van der Waals surface area contributed by atoms with Crippen molar-refractivity contribution < 1.29 is 23.8 Å². The van der Waals surface area contributed by atoms with Gasteiger partial charge in [0, 0.05) is 5.70 Å². The van der Waals surface area contributed by atoms with Crippen molar-refractivity contribution >= 4 is 46.1 Å². The fourth-order valence-electron chi connectivity index (χ4n) is 3.34. The van der Waals surface area contributed by atoms with Crippen LogP contribution in [-0.2, 0) is 14.3 Å². The number of carbonyl (C=O) groups excluding carboxylic acids is 2. The number of anilines is 1. The zero-order valence-electron chi connectivity index (χ0n) is 19.3. The summed E-state index contributed by atoms with van der Waals surface area (Å²) in [6.45, 7) is 3.76. The summed E-state index contributed by atoms with van der Waals surface area (Å²) in [6, 6.07) is 11.7. The molecule has 2 aromatic rings.